The Bertz CT molecular complexity index is 1070. The number of rotatable bonds is 6. The SMILES string of the molecule is CC(NC(=O)c1cccc(NC(=O)CN2CCCc3ccccc32)c1)c1ccccc1. The highest BCUT2D eigenvalue weighted by atomic mass is 16.2. The number of aryl methyl sites for hydroxylation is 1. The second-order valence-electron chi connectivity index (χ2n) is 7.89. The molecule has 3 aromatic carbocycles. The summed E-state index contributed by atoms with van der Waals surface area (Å²) in [7, 11) is 0. The minimum Gasteiger partial charge on any atom is -0.362 e. The fourth-order valence-corrected chi connectivity index (χ4v) is 3.99. The Labute approximate surface area is 183 Å². The van der Waals surface area contributed by atoms with Crippen LogP contribution in [0.25, 0.3) is 0 Å². The first-order valence-electron chi connectivity index (χ1n) is 10.7. The molecule has 1 aliphatic heterocycles. The molecule has 0 saturated carbocycles. The summed E-state index contributed by atoms with van der Waals surface area (Å²) in [5, 5.41) is 5.95. The lowest BCUT2D eigenvalue weighted by atomic mass is 10.0. The molecule has 0 fully saturated rings. The zero-order valence-electron chi connectivity index (χ0n) is 17.7. The molecule has 1 atom stereocenters. The van der Waals surface area contributed by atoms with Crippen molar-refractivity contribution < 1.29 is 9.59 Å². The van der Waals surface area contributed by atoms with Crippen molar-refractivity contribution >= 4 is 23.2 Å². The number of carbonyl (C=O) groups is 2. The van der Waals surface area contributed by atoms with Crippen LogP contribution in [-0.4, -0.2) is 24.9 Å². The van der Waals surface area contributed by atoms with E-state index in [0.29, 0.717) is 17.8 Å². The maximum absolute atomic E-state index is 12.7. The number of hydrogen-bond donors (Lipinski definition) is 2. The van der Waals surface area contributed by atoms with Gasteiger partial charge in [-0.25, -0.2) is 0 Å². The Morgan fingerprint density at radius 1 is 0.968 bits per heavy atom. The van der Waals surface area contributed by atoms with Crippen LogP contribution in [0.3, 0.4) is 0 Å². The van der Waals surface area contributed by atoms with Gasteiger partial charge >= 0.3 is 0 Å². The van der Waals surface area contributed by atoms with Gasteiger partial charge in [0.25, 0.3) is 5.91 Å². The average Bonchev–Trinajstić information content (AvgIpc) is 2.80. The van der Waals surface area contributed by atoms with Crippen molar-refractivity contribution in [2.45, 2.75) is 25.8 Å². The van der Waals surface area contributed by atoms with Gasteiger partial charge in [-0.2, -0.15) is 0 Å². The van der Waals surface area contributed by atoms with Crippen molar-refractivity contribution in [2.75, 3.05) is 23.3 Å². The smallest absolute Gasteiger partial charge is 0.251 e. The molecule has 158 valence electrons. The maximum atomic E-state index is 12.7. The molecule has 4 rings (SSSR count). The third-order valence-electron chi connectivity index (χ3n) is 5.60. The number of nitrogens with zero attached hydrogens (tertiary/aromatic N) is 1. The van der Waals surface area contributed by atoms with E-state index in [-0.39, 0.29) is 17.9 Å². The summed E-state index contributed by atoms with van der Waals surface area (Å²) in [5.74, 6) is -0.260. The van der Waals surface area contributed by atoms with Crippen molar-refractivity contribution in [1.82, 2.24) is 5.32 Å². The number of amides is 2. The lowest BCUT2D eigenvalue weighted by molar-refractivity contribution is -0.115. The number of benzene rings is 3. The molecule has 0 radical (unpaired) electrons. The van der Waals surface area contributed by atoms with Gasteiger partial charge in [0.2, 0.25) is 5.91 Å². The van der Waals surface area contributed by atoms with Gasteiger partial charge < -0.3 is 15.5 Å². The zero-order valence-corrected chi connectivity index (χ0v) is 17.7. The number of nitrogens with one attached hydrogen (secondary N) is 2. The van der Waals surface area contributed by atoms with Gasteiger partial charge in [0.15, 0.2) is 0 Å². The third-order valence-corrected chi connectivity index (χ3v) is 5.60. The lowest BCUT2D eigenvalue weighted by Crippen LogP contribution is -2.36. The van der Waals surface area contributed by atoms with Crippen molar-refractivity contribution in [3.05, 3.63) is 95.6 Å². The van der Waals surface area contributed by atoms with Crippen LogP contribution < -0.4 is 15.5 Å². The second kappa shape index (κ2) is 9.47. The van der Waals surface area contributed by atoms with Crippen LogP contribution in [0.15, 0.2) is 78.9 Å². The molecule has 0 saturated heterocycles. The Morgan fingerprint density at radius 2 is 1.74 bits per heavy atom. The fourth-order valence-electron chi connectivity index (χ4n) is 3.99. The van der Waals surface area contributed by atoms with Crippen molar-refractivity contribution in [1.29, 1.82) is 0 Å². The third kappa shape index (κ3) is 5.12. The van der Waals surface area contributed by atoms with Crippen LogP contribution in [0.4, 0.5) is 11.4 Å². The van der Waals surface area contributed by atoms with Crippen molar-refractivity contribution in [2.24, 2.45) is 0 Å². The highest BCUT2D eigenvalue weighted by molar-refractivity contribution is 5.98. The molecule has 0 spiro atoms. The fraction of sp³-hybridized carbons (Fsp3) is 0.231. The molecule has 1 heterocycles. The Hall–Kier alpha value is -3.60. The number of hydrogen-bond acceptors (Lipinski definition) is 3. The summed E-state index contributed by atoms with van der Waals surface area (Å²) in [6.07, 6.45) is 2.09. The summed E-state index contributed by atoms with van der Waals surface area (Å²) in [5.41, 5.74) is 4.60. The van der Waals surface area contributed by atoms with Crippen LogP contribution in [0, 0.1) is 0 Å². The summed E-state index contributed by atoms with van der Waals surface area (Å²) >= 11 is 0. The van der Waals surface area contributed by atoms with E-state index in [9.17, 15) is 9.59 Å². The first-order valence-corrected chi connectivity index (χ1v) is 10.7. The number of para-hydroxylation sites is 1. The van der Waals surface area contributed by atoms with E-state index in [1.807, 2.05) is 49.4 Å². The number of fused-ring (bicyclic) bond motifs is 1. The zero-order chi connectivity index (χ0) is 21.6. The van der Waals surface area contributed by atoms with Crippen LogP contribution in [0.2, 0.25) is 0 Å². The van der Waals surface area contributed by atoms with Crippen LogP contribution in [-0.2, 0) is 11.2 Å². The summed E-state index contributed by atoms with van der Waals surface area (Å²) in [4.78, 5) is 27.5. The van der Waals surface area contributed by atoms with Gasteiger partial charge in [-0.1, -0.05) is 54.6 Å². The predicted octanol–water partition coefficient (Wildman–Crippen LogP) is 4.57. The molecule has 3 aromatic rings. The molecule has 0 aliphatic carbocycles. The molecule has 0 bridgehead atoms. The van der Waals surface area contributed by atoms with Gasteiger partial charge in [0.1, 0.15) is 0 Å². The lowest BCUT2D eigenvalue weighted by Gasteiger charge is -2.30. The molecule has 5 heteroatoms. The first kappa shape index (κ1) is 20.7. The second-order valence-corrected chi connectivity index (χ2v) is 7.89. The quantitative estimate of drug-likeness (QED) is 0.622. The Morgan fingerprint density at radius 3 is 2.58 bits per heavy atom. The van der Waals surface area contributed by atoms with Gasteiger partial charge in [0.05, 0.1) is 12.6 Å². The van der Waals surface area contributed by atoms with E-state index >= 15 is 0 Å². The van der Waals surface area contributed by atoms with E-state index in [0.717, 1.165) is 30.6 Å². The summed E-state index contributed by atoms with van der Waals surface area (Å²) in [6.45, 7) is 3.11. The molecule has 1 unspecified atom stereocenters. The summed E-state index contributed by atoms with van der Waals surface area (Å²) in [6, 6.07) is 25.0. The number of carbonyl (C=O) groups excluding carboxylic acids is 2. The van der Waals surface area contributed by atoms with Gasteiger partial charge in [-0.15, -0.1) is 0 Å². The minimum absolute atomic E-state index is 0.0908. The van der Waals surface area contributed by atoms with Crippen LogP contribution in [0.1, 0.15) is 40.9 Å². The van der Waals surface area contributed by atoms with Crippen molar-refractivity contribution in [3.63, 3.8) is 0 Å². The van der Waals surface area contributed by atoms with Crippen LogP contribution >= 0.6 is 0 Å². The molecule has 31 heavy (non-hydrogen) atoms. The minimum atomic E-state index is -0.169. The molecule has 1 aliphatic rings. The molecule has 5 nitrogen and oxygen atoms in total. The van der Waals surface area contributed by atoms with E-state index in [4.69, 9.17) is 0 Å². The predicted molar refractivity (Wildman–Crippen MR) is 124 cm³/mol. The number of anilines is 2. The molecule has 2 N–H and O–H groups in total. The molecular weight excluding hydrogens is 386 g/mol. The van der Waals surface area contributed by atoms with E-state index in [1.54, 1.807) is 24.3 Å². The average molecular weight is 414 g/mol. The van der Waals surface area contributed by atoms with Gasteiger partial charge in [0, 0.05) is 23.5 Å². The van der Waals surface area contributed by atoms with E-state index in [1.165, 1.54) is 5.56 Å². The monoisotopic (exact) mass is 413 g/mol. The molecule has 0 aromatic heterocycles. The Balaban J connectivity index is 1.38. The normalized spacial score (nSPS) is 13.8. The summed E-state index contributed by atoms with van der Waals surface area (Å²) < 4.78 is 0. The van der Waals surface area contributed by atoms with Gasteiger partial charge in [-0.05, 0) is 55.2 Å². The van der Waals surface area contributed by atoms with Gasteiger partial charge in [-0.3, -0.25) is 9.59 Å². The van der Waals surface area contributed by atoms with Crippen LogP contribution in [0.5, 0.6) is 0 Å². The highest BCUT2D eigenvalue weighted by Crippen LogP contribution is 2.26. The standard InChI is InChI=1S/C26H27N3O2/c1-19(20-9-3-2-4-10-20)27-26(31)22-12-7-14-23(17-22)28-25(30)18-29-16-8-13-21-11-5-6-15-24(21)29/h2-7,9-12,14-15,17,19H,8,13,16,18H2,1H3,(H,27,31)(H,28,30). The highest BCUT2D eigenvalue weighted by Gasteiger charge is 2.19. The Kier molecular flexibility index (Phi) is 6.32. The first-order chi connectivity index (χ1) is 15.1. The maximum Gasteiger partial charge on any atom is 0.251 e. The molecule has 2 amide bonds. The largest absolute Gasteiger partial charge is 0.362 e. The van der Waals surface area contributed by atoms with E-state index < -0.39 is 0 Å². The molecular formula is C26H27N3O2. The van der Waals surface area contributed by atoms with E-state index in [2.05, 4.69) is 27.7 Å². The topological polar surface area (TPSA) is 61.4 Å². The van der Waals surface area contributed by atoms with Crippen molar-refractivity contribution in [3.8, 4) is 0 Å².